The third-order valence-electron chi connectivity index (χ3n) is 2.28. The van der Waals surface area contributed by atoms with E-state index in [1.54, 1.807) is 11.0 Å². The molecular weight excluding hydrogens is 258 g/mol. The third-order valence-corrected chi connectivity index (χ3v) is 2.81. The Morgan fingerprint density at radius 1 is 1.47 bits per heavy atom. The quantitative estimate of drug-likeness (QED) is 0.772. The van der Waals surface area contributed by atoms with Gasteiger partial charge in [0.1, 0.15) is 6.61 Å². The number of nitrogens with zero attached hydrogens (tertiary/aromatic N) is 1. The SMILES string of the molecule is C=C[C@@H]1COC(=O)N1c1ccc(Br)cc1. The van der Waals surface area contributed by atoms with Crippen molar-refractivity contribution in [3.63, 3.8) is 0 Å². The van der Waals surface area contributed by atoms with Crippen LogP contribution < -0.4 is 4.90 Å². The van der Waals surface area contributed by atoms with Crippen molar-refractivity contribution in [3.05, 3.63) is 41.4 Å². The highest BCUT2D eigenvalue weighted by atomic mass is 79.9. The van der Waals surface area contributed by atoms with Gasteiger partial charge in [0.15, 0.2) is 0 Å². The fourth-order valence-corrected chi connectivity index (χ4v) is 1.77. The Morgan fingerprint density at radius 2 is 2.13 bits per heavy atom. The van der Waals surface area contributed by atoms with Gasteiger partial charge in [0, 0.05) is 10.2 Å². The Labute approximate surface area is 96.5 Å². The predicted molar refractivity (Wildman–Crippen MR) is 62.0 cm³/mol. The van der Waals surface area contributed by atoms with Crippen LogP contribution in [0.4, 0.5) is 10.5 Å². The standard InChI is InChI=1S/C11H10BrNO2/c1-2-9-7-15-11(14)13(9)10-5-3-8(12)4-6-10/h2-6,9H,1,7H2/t9-/m1/s1. The molecule has 0 bridgehead atoms. The first kappa shape index (κ1) is 10.2. The molecule has 0 saturated carbocycles. The molecule has 0 spiro atoms. The average Bonchev–Trinajstić information content (AvgIpc) is 2.61. The lowest BCUT2D eigenvalue weighted by atomic mass is 10.2. The second-order valence-corrected chi connectivity index (χ2v) is 4.14. The number of amides is 1. The highest BCUT2D eigenvalue weighted by Gasteiger charge is 2.31. The van der Waals surface area contributed by atoms with Gasteiger partial charge in [-0.05, 0) is 24.3 Å². The van der Waals surface area contributed by atoms with Crippen molar-refractivity contribution in [1.82, 2.24) is 0 Å². The van der Waals surface area contributed by atoms with E-state index in [1.807, 2.05) is 24.3 Å². The summed E-state index contributed by atoms with van der Waals surface area (Å²) in [4.78, 5) is 13.1. The molecule has 1 aliphatic rings. The summed E-state index contributed by atoms with van der Waals surface area (Å²) in [5.41, 5.74) is 0.825. The molecule has 1 saturated heterocycles. The summed E-state index contributed by atoms with van der Waals surface area (Å²) >= 11 is 3.35. The topological polar surface area (TPSA) is 29.5 Å². The largest absolute Gasteiger partial charge is 0.447 e. The van der Waals surface area contributed by atoms with E-state index in [4.69, 9.17) is 4.74 Å². The average molecular weight is 268 g/mol. The Hall–Kier alpha value is -1.29. The molecular formula is C11H10BrNO2. The Morgan fingerprint density at radius 3 is 2.73 bits per heavy atom. The minimum absolute atomic E-state index is 0.0707. The maximum absolute atomic E-state index is 11.5. The van der Waals surface area contributed by atoms with Gasteiger partial charge < -0.3 is 4.74 Å². The van der Waals surface area contributed by atoms with E-state index >= 15 is 0 Å². The monoisotopic (exact) mass is 267 g/mol. The normalized spacial score (nSPS) is 20.2. The van der Waals surface area contributed by atoms with Crippen LogP contribution in [0.25, 0.3) is 0 Å². The van der Waals surface area contributed by atoms with Crippen LogP contribution in [0, 0.1) is 0 Å². The van der Waals surface area contributed by atoms with Crippen molar-refractivity contribution in [2.45, 2.75) is 6.04 Å². The summed E-state index contributed by atoms with van der Waals surface area (Å²) in [6.45, 7) is 4.06. The zero-order valence-corrected chi connectivity index (χ0v) is 9.61. The summed E-state index contributed by atoms with van der Waals surface area (Å²) in [7, 11) is 0. The maximum atomic E-state index is 11.5. The number of carbonyl (C=O) groups excluding carboxylic acids is 1. The molecule has 78 valence electrons. The first-order chi connectivity index (χ1) is 7.22. The summed E-state index contributed by atoms with van der Waals surface area (Å²) in [6.07, 6.45) is 1.40. The molecule has 1 aliphatic heterocycles. The van der Waals surface area contributed by atoms with Gasteiger partial charge in [-0.1, -0.05) is 22.0 Å². The molecule has 4 heteroatoms. The van der Waals surface area contributed by atoms with Crippen LogP contribution in [0.5, 0.6) is 0 Å². The van der Waals surface area contributed by atoms with Crippen LogP contribution >= 0.6 is 15.9 Å². The number of anilines is 1. The van der Waals surface area contributed by atoms with E-state index in [0.717, 1.165) is 10.2 Å². The van der Waals surface area contributed by atoms with Crippen molar-refractivity contribution in [2.24, 2.45) is 0 Å². The number of ether oxygens (including phenoxy) is 1. The number of hydrogen-bond donors (Lipinski definition) is 0. The number of cyclic esters (lactones) is 1. The van der Waals surface area contributed by atoms with E-state index in [2.05, 4.69) is 22.5 Å². The van der Waals surface area contributed by atoms with Crippen LogP contribution in [0.15, 0.2) is 41.4 Å². The van der Waals surface area contributed by atoms with Crippen molar-refractivity contribution in [1.29, 1.82) is 0 Å². The fraction of sp³-hybridized carbons (Fsp3) is 0.182. The van der Waals surface area contributed by atoms with Gasteiger partial charge in [-0.15, -0.1) is 6.58 Å². The predicted octanol–water partition coefficient (Wildman–Crippen LogP) is 2.96. The van der Waals surface area contributed by atoms with Gasteiger partial charge in [0.05, 0.1) is 6.04 Å². The van der Waals surface area contributed by atoms with E-state index in [9.17, 15) is 4.79 Å². The highest BCUT2D eigenvalue weighted by Crippen LogP contribution is 2.25. The first-order valence-electron chi connectivity index (χ1n) is 4.56. The van der Waals surface area contributed by atoms with Gasteiger partial charge in [-0.2, -0.15) is 0 Å². The van der Waals surface area contributed by atoms with Crippen molar-refractivity contribution >= 4 is 27.7 Å². The number of rotatable bonds is 2. The lowest BCUT2D eigenvalue weighted by molar-refractivity contribution is 0.180. The van der Waals surface area contributed by atoms with Gasteiger partial charge in [0.25, 0.3) is 0 Å². The number of hydrogen-bond acceptors (Lipinski definition) is 2. The van der Waals surface area contributed by atoms with Gasteiger partial charge in [-0.3, -0.25) is 4.90 Å². The molecule has 3 nitrogen and oxygen atoms in total. The summed E-state index contributed by atoms with van der Waals surface area (Å²) < 4.78 is 5.94. The van der Waals surface area contributed by atoms with Crippen molar-refractivity contribution in [2.75, 3.05) is 11.5 Å². The second kappa shape index (κ2) is 4.06. The number of halogens is 1. The summed E-state index contributed by atoms with van der Waals surface area (Å²) in [5.74, 6) is 0. The molecule has 1 amide bonds. The molecule has 1 atom stereocenters. The molecule has 0 N–H and O–H groups in total. The van der Waals surface area contributed by atoms with E-state index in [-0.39, 0.29) is 12.1 Å². The maximum Gasteiger partial charge on any atom is 0.415 e. The van der Waals surface area contributed by atoms with E-state index in [1.165, 1.54) is 0 Å². The molecule has 0 unspecified atom stereocenters. The smallest absolute Gasteiger partial charge is 0.415 e. The van der Waals surface area contributed by atoms with Gasteiger partial charge in [0.2, 0.25) is 0 Å². The summed E-state index contributed by atoms with van der Waals surface area (Å²) in [5, 5.41) is 0. The minimum atomic E-state index is -0.317. The summed E-state index contributed by atoms with van der Waals surface area (Å²) in [6, 6.07) is 7.45. The molecule has 1 fully saturated rings. The fourth-order valence-electron chi connectivity index (χ4n) is 1.51. The van der Waals surface area contributed by atoms with Crippen LogP contribution in [0.3, 0.4) is 0 Å². The zero-order valence-electron chi connectivity index (χ0n) is 8.02. The minimum Gasteiger partial charge on any atom is -0.447 e. The Balaban J connectivity index is 2.32. The van der Waals surface area contributed by atoms with Crippen molar-refractivity contribution in [3.8, 4) is 0 Å². The van der Waals surface area contributed by atoms with Crippen LogP contribution in [0.2, 0.25) is 0 Å². The van der Waals surface area contributed by atoms with E-state index in [0.29, 0.717) is 6.61 Å². The molecule has 1 aromatic rings. The molecule has 15 heavy (non-hydrogen) atoms. The number of benzene rings is 1. The van der Waals surface area contributed by atoms with Gasteiger partial charge >= 0.3 is 6.09 Å². The lowest BCUT2D eigenvalue weighted by Crippen LogP contribution is -2.31. The molecule has 0 aliphatic carbocycles. The first-order valence-corrected chi connectivity index (χ1v) is 5.36. The molecule has 0 radical (unpaired) electrons. The molecule has 1 heterocycles. The van der Waals surface area contributed by atoms with Gasteiger partial charge in [-0.25, -0.2) is 4.79 Å². The lowest BCUT2D eigenvalue weighted by Gasteiger charge is -2.18. The molecule has 0 aromatic heterocycles. The zero-order chi connectivity index (χ0) is 10.8. The van der Waals surface area contributed by atoms with E-state index < -0.39 is 0 Å². The van der Waals surface area contributed by atoms with Crippen LogP contribution in [-0.4, -0.2) is 18.7 Å². The third kappa shape index (κ3) is 1.90. The van der Waals surface area contributed by atoms with Crippen LogP contribution in [0.1, 0.15) is 0 Å². The number of carbonyl (C=O) groups is 1. The second-order valence-electron chi connectivity index (χ2n) is 3.23. The molecule has 1 aromatic carbocycles. The Bertz CT molecular complexity index is 388. The van der Waals surface area contributed by atoms with Crippen molar-refractivity contribution < 1.29 is 9.53 Å². The van der Waals surface area contributed by atoms with Crippen LogP contribution in [-0.2, 0) is 4.74 Å². The highest BCUT2D eigenvalue weighted by molar-refractivity contribution is 9.10. The molecule has 2 rings (SSSR count). The Kier molecular flexibility index (Phi) is 2.77.